The van der Waals surface area contributed by atoms with E-state index in [1.807, 2.05) is 30.3 Å². The highest BCUT2D eigenvalue weighted by Crippen LogP contribution is 2.09. The van der Waals surface area contributed by atoms with Gasteiger partial charge in [-0.2, -0.15) is 0 Å². The zero-order valence-electron chi connectivity index (χ0n) is 14.6. The maximum Gasteiger partial charge on any atom is 0.269 e. The van der Waals surface area contributed by atoms with Crippen molar-refractivity contribution in [1.82, 2.24) is 15.2 Å². The molecule has 0 radical (unpaired) electrons. The highest BCUT2D eigenvalue weighted by atomic mass is 16.5. The Morgan fingerprint density at radius 1 is 1.20 bits per heavy atom. The van der Waals surface area contributed by atoms with Gasteiger partial charge < -0.3 is 15.0 Å². The van der Waals surface area contributed by atoms with Crippen molar-refractivity contribution in [2.24, 2.45) is 0 Å². The van der Waals surface area contributed by atoms with Crippen molar-refractivity contribution in [3.63, 3.8) is 0 Å². The third-order valence-electron chi connectivity index (χ3n) is 3.66. The lowest BCUT2D eigenvalue weighted by molar-refractivity contribution is 0.0785. The van der Waals surface area contributed by atoms with E-state index in [0.29, 0.717) is 25.3 Å². The van der Waals surface area contributed by atoms with Crippen molar-refractivity contribution in [3.8, 4) is 0 Å². The maximum absolute atomic E-state index is 12.6. The Kier molecular flexibility index (Phi) is 7.10. The molecular formula is C19H23N3O3. The summed E-state index contributed by atoms with van der Waals surface area (Å²) in [6, 6.07) is 12.9. The van der Waals surface area contributed by atoms with Gasteiger partial charge in [0, 0.05) is 45.6 Å². The summed E-state index contributed by atoms with van der Waals surface area (Å²) < 4.78 is 4.94. The third-order valence-corrected chi connectivity index (χ3v) is 3.66. The number of methoxy groups -OCH3 is 1. The van der Waals surface area contributed by atoms with Crippen LogP contribution in [0.3, 0.4) is 0 Å². The highest BCUT2D eigenvalue weighted by molar-refractivity contribution is 5.98. The van der Waals surface area contributed by atoms with E-state index in [1.54, 1.807) is 25.1 Å². The van der Waals surface area contributed by atoms with E-state index in [2.05, 4.69) is 10.3 Å². The maximum atomic E-state index is 12.6. The van der Waals surface area contributed by atoms with E-state index in [1.165, 1.54) is 12.3 Å². The quantitative estimate of drug-likeness (QED) is 0.747. The molecule has 6 heteroatoms. The van der Waals surface area contributed by atoms with Gasteiger partial charge in [-0.3, -0.25) is 14.6 Å². The lowest BCUT2D eigenvalue weighted by atomic mass is 10.1. The van der Waals surface area contributed by atoms with E-state index >= 15 is 0 Å². The molecule has 0 bridgehead atoms. The number of nitrogens with one attached hydrogen (secondary N) is 1. The Morgan fingerprint density at radius 3 is 2.68 bits per heavy atom. The van der Waals surface area contributed by atoms with Crippen LogP contribution in [0.15, 0.2) is 48.7 Å². The molecule has 6 nitrogen and oxygen atoms in total. The monoisotopic (exact) mass is 341 g/mol. The number of carbonyl (C=O) groups is 2. The third kappa shape index (κ3) is 5.69. The topological polar surface area (TPSA) is 71.5 Å². The van der Waals surface area contributed by atoms with Crippen molar-refractivity contribution in [2.75, 3.05) is 27.3 Å². The van der Waals surface area contributed by atoms with Gasteiger partial charge in [0.05, 0.1) is 0 Å². The van der Waals surface area contributed by atoms with E-state index in [-0.39, 0.29) is 17.5 Å². The van der Waals surface area contributed by atoms with Gasteiger partial charge in [0.15, 0.2) is 0 Å². The first kappa shape index (κ1) is 18.6. The Hall–Kier alpha value is -2.73. The molecule has 0 aliphatic heterocycles. The average Bonchev–Trinajstić information content (AvgIpc) is 2.65. The van der Waals surface area contributed by atoms with Gasteiger partial charge in [-0.15, -0.1) is 0 Å². The average molecular weight is 341 g/mol. The number of amides is 2. The molecule has 1 N–H and O–H groups in total. The molecule has 0 fully saturated rings. The molecule has 0 spiro atoms. The van der Waals surface area contributed by atoms with Gasteiger partial charge in [-0.1, -0.05) is 30.3 Å². The number of rotatable bonds is 8. The van der Waals surface area contributed by atoms with Crippen LogP contribution < -0.4 is 5.32 Å². The summed E-state index contributed by atoms with van der Waals surface area (Å²) in [4.78, 5) is 30.3. The highest BCUT2D eigenvalue weighted by Gasteiger charge is 2.15. The van der Waals surface area contributed by atoms with Crippen molar-refractivity contribution < 1.29 is 14.3 Å². The summed E-state index contributed by atoms with van der Waals surface area (Å²) in [6.07, 6.45) is 2.20. The summed E-state index contributed by atoms with van der Waals surface area (Å²) in [5.74, 6) is -0.448. The minimum absolute atomic E-state index is 0.153. The molecule has 1 aromatic carbocycles. The minimum Gasteiger partial charge on any atom is -0.385 e. The summed E-state index contributed by atoms with van der Waals surface area (Å²) in [5, 5.41) is 2.76. The fourth-order valence-corrected chi connectivity index (χ4v) is 2.35. The van der Waals surface area contributed by atoms with Crippen LogP contribution in [-0.4, -0.2) is 49.0 Å². The Morgan fingerprint density at radius 2 is 1.96 bits per heavy atom. The molecule has 25 heavy (non-hydrogen) atoms. The largest absolute Gasteiger partial charge is 0.385 e. The number of ether oxygens (including phenoxy) is 1. The first-order chi connectivity index (χ1) is 12.1. The van der Waals surface area contributed by atoms with E-state index < -0.39 is 0 Å². The Balaban J connectivity index is 1.99. The lowest BCUT2D eigenvalue weighted by Crippen LogP contribution is -2.28. The van der Waals surface area contributed by atoms with Crippen molar-refractivity contribution in [3.05, 3.63) is 65.5 Å². The Bertz CT molecular complexity index is 704. The number of aromatic nitrogens is 1. The Labute approximate surface area is 147 Å². The second-order valence-corrected chi connectivity index (χ2v) is 5.68. The van der Waals surface area contributed by atoms with Gasteiger partial charge in [-0.25, -0.2) is 0 Å². The zero-order chi connectivity index (χ0) is 18.1. The van der Waals surface area contributed by atoms with Crippen molar-refractivity contribution in [1.29, 1.82) is 0 Å². The predicted molar refractivity (Wildman–Crippen MR) is 95.3 cm³/mol. The predicted octanol–water partition coefficient (Wildman–Crippen LogP) is 2.12. The number of benzene rings is 1. The first-order valence-electron chi connectivity index (χ1n) is 8.14. The zero-order valence-corrected chi connectivity index (χ0v) is 14.6. The van der Waals surface area contributed by atoms with Gasteiger partial charge >= 0.3 is 0 Å². The molecule has 2 amide bonds. The van der Waals surface area contributed by atoms with Gasteiger partial charge in [0.2, 0.25) is 0 Å². The fourth-order valence-electron chi connectivity index (χ4n) is 2.35. The van der Waals surface area contributed by atoms with Crippen LogP contribution in [0.4, 0.5) is 0 Å². The number of carbonyl (C=O) groups excluding carboxylic acids is 2. The van der Waals surface area contributed by atoms with Crippen molar-refractivity contribution in [2.45, 2.75) is 13.0 Å². The minimum atomic E-state index is -0.295. The van der Waals surface area contributed by atoms with E-state index in [0.717, 1.165) is 12.0 Å². The van der Waals surface area contributed by atoms with Crippen LogP contribution in [0.1, 0.15) is 32.8 Å². The molecular weight excluding hydrogens is 318 g/mol. The standard InChI is InChI=1S/C19H23N3O3/c1-22(14-15-7-4-3-5-8-15)19(24)16-9-11-20-17(13-16)18(23)21-10-6-12-25-2/h3-5,7-9,11,13H,6,10,12,14H2,1-2H3,(H,21,23). The molecule has 2 rings (SSSR count). The van der Waals surface area contributed by atoms with Gasteiger partial charge in [-0.05, 0) is 24.1 Å². The normalized spacial score (nSPS) is 10.3. The van der Waals surface area contributed by atoms with Crippen molar-refractivity contribution >= 4 is 11.8 Å². The van der Waals surface area contributed by atoms with Crippen LogP contribution in [0, 0.1) is 0 Å². The molecule has 2 aromatic rings. The van der Waals surface area contributed by atoms with E-state index in [4.69, 9.17) is 4.74 Å². The fraction of sp³-hybridized carbons (Fsp3) is 0.316. The molecule has 0 saturated heterocycles. The SMILES string of the molecule is COCCCNC(=O)c1cc(C(=O)N(C)Cc2ccccc2)ccn1. The first-order valence-corrected chi connectivity index (χ1v) is 8.14. The van der Waals surface area contributed by atoms with Crippen LogP contribution in [0.2, 0.25) is 0 Å². The summed E-state index contributed by atoms with van der Waals surface area (Å²) in [7, 11) is 3.35. The molecule has 1 heterocycles. The molecule has 0 unspecified atom stereocenters. The second kappa shape index (κ2) is 9.54. The molecule has 0 aliphatic carbocycles. The number of pyridine rings is 1. The number of nitrogens with zero attached hydrogens (tertiary/aromatic N) is 2. The van der Waals surface area contributed by atoms with Gasteiger partial charge in [0.1, 0.15) is 5.69 Å². The molecule has 0 aliphatic rings. The molecule has 0 saturated carbocycles. The van der Waals surface area contributed by atoms with Crippen LogP contribution in [-0.2, 0) is 11.3 Å². The van der Waals surface area contributed by atoms with Gasteiger partial charge in [0.25, 0.3) is 11.8 Å². The summed E-state index contributed by atoms with van der Waals surface area (Å²) in [5.41, 5.74) is 1.72. The smallest absolute Gasteiger partial charge is 0.269 e. The molecule has 0 atom stereocenters. The molecule has 132 valence electrons. The van der Waals surface area contributed by atoms with Crippen LogP contribution in [0.25, 0.3) is 0 Å². The summed E-state index contributed by atoms with van der Waals surface area (Å²) >= 11 is 0. The van der Waals surface area contributed by atoms with Crippen LogP contribution >= 0.6 is 0 Å². The number of hydrogen-bond donors (Lipinski definition) is 1. The second-order valence-electron chi connectivity index (χ2n) is 5.68. The molecule has 1 aromatic heterocycles. The summed E-state index contributed by atoms with van der Waals surface area (Å²) in [6.45, 7) is 1.58. The number of hydrogen-bond acceptors (Lipinski definition) is 4. The lowest BCUT2D eigenvalue weighted by Gasteiger charge is -2.17. The van der Waals surface area contributed by atoms with Crippen LogP contribution in [0.5, 0.6) is 0 Å². The van der Waals surface area contributed by atoms with E-state index in [9.17, 15) is 9.59 Å².